The van der Waals surface area contributed by atoms with Crippen LogP contribution in [0.5, 0.6) is 0 Å². The van der Waals surface area contributed by atoms with Crippen LogP contribution in [0.1, 0.15) is 387 Å². The Bertz CT molecular complexity index is 1150. The lowest BCUT2D eigenvalue weighted by atomic mass is 10.0. The van der Waals surface area contributed by atoms with Crippen molar-refractivity contribution < 1.29 is 28.6 Å². The Morgan fingerprint density at radius 3 is 0.689 bits per heavy atom. The highest BCUT2D eigenvalue weighted by Crippen LogP contribution is 2.19. The fraction of sp³-hybridized carbons (Fsp3) is 0.926. The molecule has 0 aromatic carbocycles. The summed E-state index contributed by atoms with van der Waals surface area (Å²) < 4.78 is 16.8. The molecule has 0 aliphatic carbocycles. The maximum absolute atomic E-state index is 12.8. The fourth-order valence-corrected chi connectivity index (χ4v) is 10.4. The third kappa shape index (κ3) is 61.0. The van der Waals surface area contributed by atoms with Crippen LogP contribution in [0.2, 0.25) is 0 Å². The van der Waals surface area contributed by atoms with Crippen LogP contribution in [0.15, 0.2) is 12.2 Å². The maximum atomic E-state index is 12.8. The summed E-state index contributed by atoms with van der Waals surface area (Å²) in [6, 6.07) is 0. The molecule has 0 spiro atoms. The van der Waals surface area contributed by atoms with Crippen molar-refractivity contribution in [1.82, 2.24) is 0 Å². The van der Waals surface area contributed by atoms with Crippen molar-refractivity contribution in [3.8, 4) is 0 Å². The van der Waals surface area contributed by atoms with Crippen molar-refractivity contribution in [3.63, 3.8) is 0 Å². The van der Waals surface area contributed by atoms with Gasteiger partial charge in [-0.25, -0.2) is 0 Å². The van der Waals surface area contributed by atoms with Crippen molar-refractivity contribution in [1.29, 1.82) is 0 Å². The molecular formula is C68H130O6. The molecule has 438 valence electrons. The molecule has 0 aliphatic rings. The summed E-state index contributed by atoms with van der Waals surface area (Å²) in [5.74, 6) is -0.858. The van der Waals surface area contributed by atoms with Crippen molar-refractivity contribution in [2.24, 2.45) is 0 Å². The SMILES string of the molecule is CCCCCC/C=C\CCCCCCCC(=O)OC(COC(=O)CCCCCCCCCC)COC(=O)CCCCCCCCCCCCCCCCCCCCCCCCCCCCCCCCCCCCC. The predicted octanol–water partition coefficient (Wildman–Crippen LogP) is 22.8. The van der Waals surface area contributed by atoms with Crippen LogP contribution in [0.25, 0.3) is 0 Å². The first-order chi connectivity index (χ1) is 36.5. The quantitative estimate of drug-likeness (QED) is 0.0261. The Morgan fingerprint density at radius 2 is 0.446 bits per heavy atom. The van der Waals surface area contributed by atoms with Crippen molar-refractivity contribution in [2.45, 2.75) is 393 Å². The van der Waals surface area contributed by atoms with Gasteiger partial charge in [0.15, 0.2) is 6.10 Å². The molecule has 6 nitrogen and oxygen atoms in total. The summed E-state index contributed by atoms with van der Waals surface area (Å²) in [4.78, 5) is 38.0. The predicted molar refractivity (Wildman–Crippen MR) is 321 cm³/mol. The van der Waals surface area contributed by atoms with Gasteiger partial charge in [0.05, 0.1) is 0 Å². The van der Waals surface area contributed by atoms with E-state index in [2.05, 4.69) is 32.9 Å². The molecule has 0 amide bonds. The lowest BCUT2D eigenvalue weighted by Gasteiger charge is -2.18. The van der Waals surface area contributed by atoms with Crippen LogP contribution in [0.4, 0.5) is 0 Å². The van der Waals surface area contributed by atoms with Gasteiger partial charge in [0.2, 0.25) is 0 Å². The third-order valence-corrected chi connectivity index (χ3v) is 15.5. The minimum absolute atomic E-state index is 0.0680. The van der Waals surface area contributed by atoms with Gasteiger partial charge in [0.1, 0.15) is 13.2 Å². The van der Waals surface area contributed by atoms with E-state index in [1.165, 1.54) is 283 Å². The van der Waals surface area contributed by atoms with E-state index in [4.69, 9.17) is 14.2 Å². The van der Waals surface area contributed by atoms with Gasteiger partial charge in [-0.15, -0.1) is 0 Å². The minimum Gasteiger partial charge on any atom is -0.462 e. The van der Waals surface area contributed by atoms with E-state index in [-0.39, 0.29) is 31.1 Å². The molecule has 0 aromatic rings. The first kappa shape index (κ1) is 72.2. The van der Waals surface area contributed by atoms with Gasteiger partial charge in [-0.05, 0) is 44.9 Å². The Balaban J connectivity index is 3.88. The number of hydrogen-bond donors (Lipinski definition) is 0. The third-order valence-electron chi connectivity index (χ3n) is 15.5. The molecule has 0 aliphatic heterocycles. The number of esters is 3. The summed E-state index contributed by atoms with van der Waals surface area (Å²) in [5, 5.41) is 0. The first-order valence-corrected chi connectivity index (χ1v) is 33.7. The zero-order chi connectivity index (χ0) is 53.6. The molecule has 0 bridgehead atoms. The average molecular weight is 1040 g/mol. The number of rotatable bonds is 63. The van der Waals surface area contributed by atoms with E-state index >= 15 is 0 Å². The Kier molecular flexibility index (Phi) is 62.1. The number of carbonyl (C=O) groups excluding carboxylic acids is 3. The molecule has 0 aromatic heterocycles. The van der Waals surface area contributed by atoms with Gasteiger partial charge >= 0.3 is 17.9 Å². The summed E-state index contributed by atoms with van der Waals surface area (Å²) in [7, 11) is 0. The van der Waals surface area contributed by atoms with Crippen LogP contribution in [0.3, 0.4) is 0 Å². The first-order valence-electron chi connectivity index (χ1n) is 33.7. The number of carbonyl (C=O) groups is 3. The fourth-order valence-electron chi connectivity index (χ4n) is 10.4. The molecule has 74 heavy (non-hydrogen) atoms. The monoisotopic (exact) mass is 1040 g/mol. The van der Waals surface area contributed by atoms with Gasteiger partial charge in [-0.2, -0.15) is 0 Å². The molecule has 1 atom stereocenters. The average Bonchev–Trinajstić information content (AvgIpc) is 3.40. The molecule has 6 heteroatoms. The van der Waals surface area contributed by atoms with Crippen LogP contribution in [-0.2, 0) is 28.6 Å². The number of hydrogen-bond acceptors (Lipinski definition) is 6. The van der Waals surface area contributed by atoms with E-state index in [0.717, 1.165) is 64.2 Å². The zero-order valence-corrected chi connectivity index (χ0v) is 50.4. The molecule has 0 saturated heterocycles. The Labute approximate surface area is 462 Å². The molecular weight excluding hydrogens is 913 g/mol. The van der Waals surface area contributed by atoms with Crippen LogP contribution in [0, 0.1) is 0 Å². The number of ether oxygens (including phenoxy) is 3. The molecule has 0 N–H and O–H groups in total. The van der Waals surface area contributed by atoms with E-state index in [0.29, 0.717) is 19.3 Å². The highest BCUT2D eigenvalue weighted by molar-refractivity contribution is 5.71. The molecule has 0 saturated carbocycles. The highest BCUT2D eigenvalue weighted by Gasteiger charge is 2.19. The normalized spacial score (nSPS) is 12.0. The number of unbranched alkanes of at least 4 members (excludes halogenated alkanes) is 50. The second-order valence-corrected chi connectivity index (χ2v) is 23.1. The largest absolute Gasteiger partial charge is 0.462 e. The van der Waals surface area contributed by atoms with Crippen molar-refractivity contribution >= 4 is 17.9 Å². The summed E-state index contributed by atoms with van der Waals surface area (Å²) in [6.45, 7) is 6.65. The zero-order valence-electron chi connectivity index (χ0n) is 50.4. The van der Waals surface area contributed by atoms with E-state index in [1.54, 1.807) is 0 Å². The van der Waals surface area contributed by atoms with Crippen LogP contribution in [-0.4, -0.2) is 37.2 Å². The van der Waals surface area contributed by atoms with E-state index < -0.39 is 6.10 Å². The highest BCUT2D eigenvalue weighted by atomic mass is 16.6. The Hall–Kier alpha value is -1.85. The van der Waals surface area contributed by atoms with Crippen molar-refractivity contribution in [3.05, 3.63) is 12.2 Å². The topological polar surface area (TPSA) is 78.9 Å². The van der Waals surface area contributed by atoms with Gasteiger partial charge < -0.3 is 14.2 Å². The van der Waals surface area contributed by atoms with Gasteiger partial charge in [0.25, 0.3) is 0 Å². The van der Waals surface area contributed by atoms with Crippen LogP contribution >= 0.6 is 0 Å². The van der Waals surface area contributed by atoms with Gasteiger partial charge in [0, 0.05) is 19.3 Å². The smallest absolute Gasteiger partial charge is 0.306 e. The minimum atomic E-state index is -0.768. The molecule has 0 heterocycles. The van der Waals surface area contributed by atoms with Gasteiger partial charge in [-0.1, -0.05) is 335 Å². The second kappa shape index (κ2) is 63.7. The summed E-state index contributed by atoms with van der Waals surface area (Å²) >= 11 is 0. The summed E-state index contributed by atoms with van der Waals surface area (Å²) in [6.07, 6.45) is 75.7. The molecule has 0 rings (SSSR count). The van der Waals surface area contributed by atoms with E-state index in [9.17, 15) is 14.4 Å². The van der Waals surface area contributed by atoms with Crippen molar-refractivity contribution in [2.75, 3.05) is 13.2 Å². The van der Waals surface area contributed by atoms with Gasteiger partial charge in [-0.3, -0.25) is 14.4 Å². The molecule has 1 unspecified atom stereocenters. The molecule has 0 radical (unpaired) electrons. The summed E-state index contributed by atoms with van der Waals surface area (Å²) in [5.41, 5.74) is 0. The Morgan fingerprint density at radius 1 is 0.257 bits per heavy atom. The lowest BCUT2D eigenvalue weighted by molar-refractivity contribution is -0.167. The van der Waals surface area contributed by atoms with E-state index in [1.807, 2.05) is 0 Å². The second-order valence-electron chi connectivity index (χ2n) is 23.1. The maximum Gasteiger partial charge on any atom is 0.306 e. The standard InChI is InChI=1S/C68H130O6/c1-4-7-10-13-16-19-21-23-24-25-26-27-28-29-30-31-32-33-34-35-36-37-38-39-40-41-42-43-44-46-47-49-52-55-58-61-67(70)73-64-65(63-72-66(69)60-57-54-51-18-15-12-9-6-3)74-68(71)62-59-56-53-50-48-45-22-20-17-14-11-8-5-2/h20,22,65H,4-19,21,23-64H2,1-3H3/b22-20-. The molecule has 0 fully saturated rings. The van der Waals surface area contributed by atoms with Crippen LogP contribution < -0.4 is 0 Å². The lowest BCUT2D eigenvalue weighted by Crippen LogP contribution is -2.30. The number of allylic oxidation sites excluding steroid dienone is 2.